The molecule has 0 saturated heterocycles. The molecular weight excluding hydrogens is 200 g/mol. The minimum absolute atomic E-state index is 0.589. The topological polar surface area (TPSA) is 34.4 Å². The lowest BCUT2D eigenvalue weighted by molar-refractivity contribution is 0.111. The van der Waals surface area contributed by atoms with Crippen molar-refractivity contribution in [3.8, 4) is 0 Å². The van der Waals surface area contributed by atoms with Crippen molar-refractivity contribution in [2.45, 2.75) is 6.92 Å². The monoisotopic (exact) mass is 210 g/mol. The number of carbonyl (C=O) groups excluding carboxylic acids is 1. The van der Waals surface area contributed by atoms with Crippen LogP contribution in [-0.2, 0) is 0 Å². The molecule has 0 aliphatic heterocycles. The fraction of sp³-hybridized carbons (Fsp3) is 0.0769. The van der Waals surface area contributed by atoms with Crippen LogP contribution in [0, 0.1) is 6.92 Å². The fourth-order valence-electron chi connectivity index (χ4n) is 2.00. The molecular formula is C13H10N2O. The number of hydrogen-bond donors (Lipinski definition) is 0. The van der Waals surface area contributed by atoms with E-state index in [1.165, 1.54) is 5.56 Å². The van der Waals surface area contributed by atoms with Gasteiger partial charge in [0.2, 0.25) is 0 Å². The Labute approximate surface area is 92.3 Å². The number of carbonyl (C=O) groups is 1. The van der Waals surface area contributed by atoms with Gasteiger partial charge in [-0.15, -0.1) is 0 Å². The zero-order valence-electron chi connectivity index (χ0n) is 8.84. The molecule has 2 aromatic heterocycles. The molecule has 0 aliphatic carbocycles. The summed E-state index contributed by atoms with van der Waals surface area (Å²) in [6.45, 7) is 2.04. The van der Waals surface area contributed by atoms with Crippen LogP contribution in [0.4, 0.5) is 0 Å². The van der Waals surface area contributed by atoms with Crippen molar-refractivity contribution in [3.05, 3.63) is 47.8 Å². The second-order valence-corrected chi connectivity index (χ2v) is 3.89. The second kappa shape index (κ2) is 3.17. The highest BCUT2D eigenvalue weighted by atomic mass is 16.1. The van der Waals surface area contributed by atoms with E-state index in [9.17, 15) is 4.79 Å². The summed E-state index contributed by atoms with van der Waals surface area (Å²) in [6.07, 6.45) is 2.44. The van der Waals surface area contributed by atoms with E-state index in [1.54, 1.807) is 6.20 Å². The Balaban J connectivity index is 2.59. The average Bonchev–Trinajstić information content (AvgIpc) is 2.72. The van der Waals surface area contributed by atoms with Gasteiger partial charge >= 0.3 is 0 Å². The van der Waals surface area contributed by atoms with Gasteiger partial charge in [0.05, 0.1) is 11.7 Å². The van der Waals surface area contributed by atoms with Crippen molar-refractivity contribution < 1.29 is 4.79 Å². The molecule has 2 heterocycles. The predicted octanol–water partition coefficient (Wildman–Crippen LogP) is 2.61. The number of aromatic nitrogens is 2. The van der Waals surface area contributed by atoms with Crippen LogP contribution < -0.4 is 0 Å². The Bertz CT molecular complexity index is 698. The number of aldehydes is 1. The Morgan fingerprint density at radius 1 is 1.25 bits per heavy atom. The Morgan fingerprint density at radius 2 is 2.06 bits per heavy atom. The molecule has 0 aliphatic rings. The second-order valence-electron chi connectivity index (χ2n) is 3.89. The van der Waals surface area contributed by atoms with Gasteiger partial charge in [-0.2, -0.15) is 0 Å². The van der Waals surface area contributed by atoms with E-state index >= 15 is 0 Å². The van der Waals surface area contributed by atoms with E-state index in [0.29, 0.717) is 5.69 Å². The first-order valence-electron chi connectivity index (χ1n) is 5.11. The molecule has 78 valence electrons. The van der Waals surface area contributed by atoms with Crippen LogP contribution in [0.1, 0.15) is 16.1 Å². The average molecular weight is 210 g/mol. The van der Waals surface area contributed by atoms with Crippen LogP contribution in [-0.4, -0.2) is 15.7 Å². The highest BCUT2D eigenvalue weighted by molar-refractivity contribution is 5.86. The molecule has 0 N–H and O–H groups in total. The number of benzene rings is 1. The molecule has 0 unspecified atom stereocenters. The molecule has 0 atom stereocenters. The van der Waals surface area contributed by atoms with E-state index in [0.717, 1.165) is 22.8 Å². The van der Waals surface area contributed by atoms with Crippen LogP contribution in [0.5, 0.6) is 0 Å². The van der Waals surface area contributed by atoms with Gasteiger partial charge in [-0.05, 0) is 36.1 Å². The maximum atomic E-state index is 10.9. The minimum atomic E-state index is 0.589. The van der Waals surface area contributed by atoms with Crippen molar-refractivity contribution in [2.24, 2.45) is 0 Å². The third kappa shape index (κ3) is 1.15. The van der Waals surface area contributed by atoms with E-state index in [2.05, 4.69) is 23.2 Å². The molecule has 0 saturated carbocycles. The number of rotatable bonds is 1. The van der Waals surface area contributed by atoms with Crippen LogP contribution in [0.25, 0.3) is 16.6 Å². The lowest BCUT2D eigenvalue weighted by Gasteiger charge is -2.04. The first kappa shape index (κ1) is 9.09. The Kier molecular flexibility index (Phi) is 1.80. The van der Waals surface area contributed by atoms with Gasteiger partial charge in [0.15, 0.2) is 6.29 Å². The predicted molar refractivity (Wildman–Crippen MR) is 62.8 cm³/mol. The van der Waals surface area contributed by atoms with Gasteiger partial charge in [0, 0.05) is 0 Å². The molecule has 0 bridgehead atoms. The molecule has 0 spiro atoms. The first-order valence-corrected chi connectivity index (χ1v) is 5.11. The van der Waals surface area contributed by atoms with Crippen molar-refractivity contribution in [2.75, 3.05) is 0 Å². The molecule has 3 aromatic rings. The van der Waals surface area contributed by atoms with Crippen LogP contribution in [0.2, 0.25) is 0 Å². The number of imidazole rings is 1. The summed E-state index contributed by atoms with van der Waals surface area (Å²) in [5.74, 6) is 0. The molecule has 0 amide bonds. The molecule has 0 radical (unpaired) electrons. The van der Waals surface area contributed by atoms with Crippen molar-refractivity contribution in [1.82, 2.24) is 9.38 Å². The first-order chi connectivity index (χ1) is 7.79. The van der Waals surface area contributed by atoms with Crippen molar-refractivity contribution in [1.29, 1.82) is 0 Å². The SMILES string of the molecule is Cc1ccc2ccc3ncc(C=O)n3c2c1. The summed E-state index contributed by atoms with van der Waals surface area (Å²) < 4.78 is 1.88. The fourth-order valence-corrected chi connectivity index (χ4v) is 2.00. The molecule has 1 aromatic carbocycles. The highest BCUT2D eigenvalue weighted by Crippen LogP contribution is 2.19. The number of hydrogen-bond acceptors (Lipinski definition) is 2. The molecule has 16 heavy (non-hydrogen) atoms. The standard InChI is InChI=1S/C13H10N2O/c1-9-2-3-10-4-5-13-14-7-11(8-16)15(13)12(10)6-9/h2-8H,1H3. The number of fused-ring (bicyclic) bond motifs is 3. The van der Waals surface area contributed by atoms with E-state index < -0.39 is 0 Å². The van der Waals surface area contributed by atoms with Crippen molar-refractivity contribution in [3.63, 3.8) is 0 Å². The summed E-state index contributed by atoms with van der Waals surface area (Å²) in [6, 6.07) is 10.1. The zero-order valence-corrected chi connectivity index (χ0v) is 8.84. The smallest absolute Gasteiger partial charge is 0.168 e. The molecule has 3 nitrogen and oxygen atoms in total. The summed E-state index contributed by atoms with van der Waals surface area (Å²) in [5, 5.41) is 1.11. The van der Waals surface area contributed by atoms with E-state index in [-0.39, 0.29) is 0 Å². The molecule has 3 rings (SSSR count). The van der Waals surface area contributed by atoms with Crippen molar-refractivity contribution >= 4 is 22.8 Å². The largest absolute Gasteiger partial charge is 0.296 e. The summed E-state index contributed by atoms with van der Waals surface area (Å²) >= 11 is 0. The third-order valence-electron chi connectivity index (χ3n) is 2.78. The number of aryl methyl sites for hydroxylation is 1. The zero-order chi connectivity index (χ0) is 11.1. The quantitative estimate of drug-likeness (QED) is 0.578. The highest BCUT2D eigenvalue weighted by Gasteiger charge is 2.05. The molecule has 0 fully saturated rings. The van der Waals surface area contributed by atoms with Gasteiger partial charge in [-0.1, -0.05) is 12.1 Å². The Morgan fingerprint density at radius 3 is 2.88 bits per heavy atom. The van der Waals surface area contributed by atoms with Gasteiger partial charge in [0.25, 0.3) is 0 Å². The van der Waals surface area contributed by atoms with Gasteiger partial charge in [-0.25, -0.2) is 4.98 Å². The number of pyridine rings is 1. The maximum absolute atomic E-state index is 10.9. The summed E-state index contributed by atoms with van der Waals surface area (Å²) in [4.78, 5) is 15.2. The maximum Gasteiger partial charge on any atom is 0.168 e. The molecule has 3 heteroatoms. The summed E-state index contributed by atoms with van der Waals surface area (Å²) in [5.41, 5.74) is 3.59. The lowest BCUT2D eigenvalue weighted by Crippen LogP contribution is -1.93. The van der Waals surface area contributed by atoms with Gasteiger partial charge in [-0.3, -0.25) is 9.20 Å². The van der Waals surface area contributed by atoms with Gasteiger partial charge in [0.1, 0.15) is 11.3 Å². The Hall–Kier alpha value is -2.16. The van der Waals surface area contributed by atoms with Gasteiger partial charge < -0.3 is 0 Å². The normalized spacial score (nSPS) is 11.1. The number of nitrogens with zero attached hydrogens (tertiary/aromatic N) is 2. The third-order valence-corrected chi connectivity index (χ3v) is 2.78. The summed E-state index contributed by atoms with van der Waals surface area (Å²) in [7, 11) is 0. The van der Waals surface area contributed by atoms with Crippen LogP contribution >= 0.6 is 0 Å². The van der Waals surface area contributed by atoms with E-state index in [1.807, 2.05) is 23.5 Å². The lowest BCUT2D eigenvalue weighted by atomic mass is 10.1. The van der Waals surface area contributed by atoms with E-state index in [4.69, 9.17) is 0 Å². The van der Waals surface area contributed by atoms with Crippen LogP contribution in [0.15, 0.2) is 36.5 Å². The van der Waals surface area contributed by atoms with Crippen LogP contribution in [0.3, 0.4) is 0 Å². The minimum Gasteiger partial charge on any atom is -0.296 e.